The first-order valence-corrected chi connectivity index (χ1v) is 7.04. The van der Waals surface area contributed by atoms with Crippen molar-refractivity contribution in [1.82, 2.24) is 9.55 Å². The van der Waals surface area contributed by atoms with Crippen molar-refractivity contribution in [2.75, 3.05) is 7.11 Å². The Labute approximate surface area is 126 Å². The molecular weight excluding hydrogens is 276 g/mol. The van der Waals surface area contributed by atoms with E-state index in [0.29, 0.717) is 11.1 Å². The summed E-state index contributed by atoms with van der Waals surface area (Å²) in [7, 11) is 1.58. The van der Waals surface area contributed by atoms with Crippen LogP contribution in [0.2, 0.25) is 0 Å². The smallest absolute Gasteiger partial charge is 0.193 e. The second kappa shape index (κ2) is 4.77. The summed E-state index contributed by atoms with van der Waals surface area (Å²) in [5, 5.41) is 1.76. The summed E-state index contributed by atoms with van der Waals surface area (Å²) in [6, 6.07) is 15.4. The Morgan fingerprint density at radius 3 is 2.86 bits per heavy atom. The summed E-state index contributed by atoms with van der Waals surface area (Å²) in [4.78, 5) is 15.4. The van der Waals surface area contributed by atoms with Crippen molar-refractivity contribution >= 4 is 21.8 Å². The average molecular weight is 290 g/mol. The van der Waals surface area contributed by atoms with Crippen molar-refractivity contribution in [3.8, 4) is 11.4 Å². The molecule has 0 aliphatic carbocycles. The fourth-order valence-corrected chi connectivity index (χ4v) is 2.85. The zero-order valence-electron chi connectivity index (χ0n) is 12.0. The van der Waals surface area contributed by atoms with Crippen LogP contribution in [0.5, 0.6) is 5.75 Å². The minimum absolute atomic E-state index is 0.0374. The van der Waals surface area contributed by atoms with Gasteiger partial charge in [-0.1, -0.05) is 12.1 Å². The number of pyridine rings is 1. The number of fused-ring (bicyclic) bond motifs is 2. The van der Waals surface area contributed by atoms with E-state index in [1.54, 1.807) is 19.4 Å². The lowest BCUT2D eigenvalue weighted by Crippen LogP contribution is -2.07. The number of aromatic nitrogens is 2. The second-order valence-corrected chi connectivity index (χ2v) is 5.15. The molecule has 2 aromatic carbocycles. The maximum atomic E-state index is 12.2. The molecule has 0 radical (unpaired) electrons. The summed E-state index contributed by atoms with van der Waals surface area (Å²) in [6.07, 6.45) is 3.72. The van der Waals surface area contributed by atoms with Gasteiger partial charge in [0.2, 0.25) is 0 Å². The molecule has 2 heterocycles. The topological polar surface area (TPSA) is 47.0 Å². The van der Waals surface area contributed by atoms with Gasteiger partial charge in [-0.05, 0) is 35.7 Å². The number of rotatable bonds is 2. The number of nitrogens with one attached hydrogen (secondary N) is 1. The van der Waals surface area contributed by atoms with E-state index in [4.69, 9.17) is 4.74 Å². The molecule has 4 rings (SSSR count). The highest BCUT2D eigenvalue weighted by Crippen LogP contribution is 2.25. The van der Waals surface area contributed by atoms with Crippen molar-refractivity contribution in [3.63, 3.8) is 0 Å². The zero-order valence-corrected chi connectivity index (χ0v) is 12.0. The van der Waals surface area contributed by atoms with E-state index in [2.05, 4.69) is 17.1 Å². The van der Waals surface area contributed by atoms with Crippen LogP contribution >= 0.6 is 0 Å². The molecule has 4 aromatic rings. The first-order valence-electron chi connectivity index (χ1n) is 7.04. The predicted molar refractivity (Wildman–Crippen MR) is 88.0 cm³/mol. The third-order valence-corrected chi connectivity index (χ3v) is 3.92. The van der Waals surface area contributed by atoms with Gasteiger partial charge in [0, 0.05) is 29.7 Å². The Hall–Kier alpha value is -3.01. The first-order chi connectivity index (χ1) is 10.8. The van der Waals surface area contributed by atoms with Crippen LogP contribution in [0.1, 0.15) is 0 Å². The van der Waals surface area contributed by atoms with Crippen LogP contribution in [0.25, 0.3) is 27.5 Å². The molecule has 0 fully saturated rings. The molecule has 0 aliphatic heterocycles. The molecule has 0 bridgehead atoms. The average Bonchev–Trinajstić information content (AvgIpc) is 3.02. The quantitative estimate of drug-likeness (QED) is 0.614. The summed E-state index contributed by atoms with van der Waals surface area (Å²) in [5.74, 6) is 0.595. The van der Waals surface area contributed by atoms with Crippen LogP contribution in [-0.2, 0) is 0 Å². The molecule has 1 N–H and O–H groups in total. The van der Waals surface area contributed by atoms with Crippen LogP contribution in [-0.4, -0.2) is 16.7 Å². The molecule has 0 spiro atoms. The van der Waals surface area contributed by atoms with Crippen molar-refractivity contribution in [3.05, 3.63) is 71.1 Å². The molecule has 0 saturated carbocycles. The molecule has 0 amide bonds. The van der Waals surface area contributed by atoms with Gasteiger partial charge in [-0.15, -0.1) is 0 Å². The largest absolute Gasteiger partial charge is 0.496 e. The van der Waals surface area contributed by atoms with Gasteiger partial charge in [-0.3, -0.25) is 4.79 Å². The normalized spacial score (nSPS) is 11.1. The molecular formula is C18H14N2O2. The van der Waals surface area contributed by atoms with E-state index in [1.165, 1.54) is 0 Å². The standard InChI is InChI=1S/C18H14N2O2/c1-22-17-4-2-3-15-18(17)16(21)8-10-20(15)13-6-5-12-7-9-19-14(12)11-13/h2-11,19H,1H3. The van der Waals surface area contributed by atoms with Crippen LogP contribution in [0, 0.1) is 0 Å². The fraction of sp³-hybridized carbons (Fsp3) is 0.0556. The zero-order chi connectivity index (χ0) is 15.1. The second-order valence-electron chi connectivity index (χ2n) is 5.15. The van der Waals surface area contributed by atoms with Gasteiger partial charge in [0.05, 0.1) is 18.0 Å². The highest BCUT2D eigenvalue weighted by atomic mass is 16.5. The number of H-pyrrole nitrogens is 1. The lowest BCUT2D eigenvalue weighted by molar-refractivity contribution is 0.419. The van der Waals surface area contributed by atoms with E-state index in [9.17, 15) is 4.79 Å². The molecule has 0 saturated heterocycles. The third kappa shape index (κ3) is 1.81. The van der Waals surface area contributed by atoms with Crippen LogP contribution in [0.4, 0.5) is 0 Å². The van der Waals surface area contributed by atoms with Crippen molar-refractivity contribution in [2.45, 2.75) is 0 Å². The molecule has 0 atom stereocenters. The van der Waals surface area contributed by atoms with Gasteiger partial charge >= 0.3 is 0 Å². The summed E-state index contributed by atoms with van der Waals surface area (Å²) >= 11 is 0. The fourth-order valence-electron chi connectivity index (χ4n) is 2.85. The number of nitrogens with zero attached hydrogens (tertiary/aromatic N) is 1. The number of aromatic amines is 1. The first kappa shape index (κ1) is 12.7. The van der Waals surface area contributed by atoms with Crippen LogP contribution in [0.3, 0.4) is 0 Å². The van der Waals surface area contributed by atoms with Gasteiger partial charge in [-0.2, -0.15) is 0 Å². The van der Waals surface area contributed by atoms with Crippen LogP contribution < -0.4 is 10.2 Å². The molecule has 0 unspecified atom stereocenters. The molecule has 4 nitrogen and oxygen atoms in total. The van der Waals surface area contributed by atoms with E-state index in [0.717, 1.165) is 22.1 Å². The Morgan fingerprint density at radius 2 is 2.00 bits per heavy atom. The molecule has 0 aliphatic rings. The van der Waals surface area contributed by atoms with Gasteiger partial charge in [0.15, 0.2) is 5.43 Å². The molecule has 2 aromatic heterocycles. The molecule has 4 heteroatoms. The Bertz CT molecular complexity index is 1040. The van der Waals surface area contributed by atoms with E-state index >= 15 is 0 Å². The Morgan fingerprint density at radius 1 is 1.09 bits per heavy atom. The minimum atomic E-state index is -0.0374. The minimum Gasteiger partial charge on any atom is -0.496 e. The summed E-state index contributed by atoms with van der Waals surface area (Å²) < 4.78 is 7.34. The highest BCUT2D eigenvalue weighted by molar-refractivity contribution is 5.88. The van der Waals surface area contributed by atoms with Gasteiger partial charge in [-0.25, -0.2) is 0 Å². The molecule has 108 valence electrons. The van der Waals surface area contributed by atoms with E-state index in [1.807, 2.05) is 41.1 Å². The van der Waals surface area contributed by atoms with Gasteiger partial charge < -0.3 is 14.3 Å². The third-order valence-electron chi connectivity index (χ3n) is 3.92. The number of hydrogen-bond acceptors (Lipinski definition) is 2. The van der Waals surface area contributed by atoms with E-state index in [-0.39, 0.29) is 5.43 Å². The SMILES string of the molecule is COc1cccc2c1c(=O)ccn2-c1ccc2cc[nH]c2c1. The maximum absolute atomic E-state index is 12.2. The van der Waals surface area contributed by atoms with Crippen molar-refractivity contribution in [2.24, 2.45) is 0 Å². The van der Waals surface area contributed by atoms with Crippen LogP contribution in [0.15, 0.2) is 65.7 Å². The summed E-state index contributed by atoms with van der Waals surface area (Å²) in [6.45, 7) is 0. The number of methoxy groups -OCH3 is 1. The monoisotopic (exact) mass is 290 g/mol. The van der Waals surface area contributed by atoms with Gasteiger partial charge in [0.25, 0.3) is 0 Å². The lowest BCUT2D eigenvalue weighted by Gasteiger charge is -2.12. The van der Waals surface area contributed by atoms with Crippen molar-refractivity contribution < 1.29 is 4.74 Å². The van der Waals surface area contributed by atoms with Gasteiger partial charge in [0.1, 0.15) is 5.75 Å². The van der Waals surface area contributed by atoms with Crippen molar-refractivity contribution in [1.29, 1.82) is 0 Å². The Balaban J connectivity index is 2.06. The highest BCUT2D eigenvalue weighted by Gasteiger charge is 2.09. The lowest BCUT2D eigenvalue weighted by atomic mass is 10.1. The summed E-state index contributed by atoms with van der Waals surface area (Å²) in [5.41, 5.74) is 2.85. The molecule has 22 heavy (non-hydrogen) atoms. The predicted octanol–water partition coefficient (Wildman–Crippen LogP) is 3.48. The number of hydrogen-bond donors (Lipinski definition) is 1. The van der Waals surface area contributed by atoms with E-state index < -0.39 is 0 Å². The number of benzene rings is 2. The maximum Gasteiger partial charge on any atom is 0.193 e. The Kier molecular flexibility index (Phi) is 2.76. The number of ether oxygens (including phenoxy) is 1.